The van der Waals surface area contributed by atoms with Gasteiger partial charge >= 0.3 is 0 Å². The van der Waals surface area contributed by atoms with E-state index in [1.807, 2.05) is 30.3 Å². The second-order valence-electron chi connectivity index (χ2n) is 7.43. The number of allylic oxidation sites excluding steroid dienone is 4. The van der Waals surface area contributed by atoms with Crippen molar-refractivity contribution in [1.29, 1.82) is 0 Å². The Morgan fingerprint density at radius 2 is 1.36 bits per heavy atom. The van der Waals surface area contributed by atoms with Crippen molar-refractivity contribution in [3.05, 3.63) is 58.2 Å². The van der Waals surface area contributed by atoms with Crippen LogP contribution >= 0.6 is 0 Å². The molecule has 2 aliphatic carbocycles. The van der Waals surface area contributed by atoms with E-state index in [4.69, 9.17) is 0 Å². The fourth-order valence-corrected chi connectivity index (χ4v) is 4.37. The highest BCUT2D eigenvalue weighted by molar-refractivity contribution is 6.01. The van der Waals surface area contributed by atoms with Crippen molar-refractivity contribution < 1.29 is 4.79 Å². The third-order valence-corrected chi connectivity index (χ3v) is 5.99. The molecule has 1 aromatic carbocycles. The van der Waals surface area contributed by atoms with E-state index >= 15 is 0 Å². The minimum Gasteiger partial charge on any atom is -0.294 e. The first-order chi connectivity index (χ1) is 10.4. The van der Waals surface area contributed by atoms with Crippen molar-refractivity contribution >= 4 is 5.78 Å². The van der Waals surface area contributed by atoms with Gasteiger partial charge in [0.15, 0.2) is 5.78 Å². The van der Waals surface area contributed by atoms with Crippen LogP contribution in [0.5, 0.6) is 0 Å². The molecule has 1 aromatic rings. The number of rotatable bonds is 2. The van der Waals surface area contributed by atoms with Crippen LogP contribution in [0, 0.1) is 11.3 Å². The summed E-state index contributed by atoms with van der Waals surface area (Å²) in [7, 11) is 0. The summed E-state index contributed by atoms with van der Waals surface area (Å²) in [5, 5.41) is 0. The molecule has 0 N–H and O–H groups in total. The van der Waals surface area contributed by atoms with Crippen molar-refractivity contribution in [2.24, 2.45) is 11.3 Å². The summed E-state index contributed by atoms with van der Waals surface area (Å²) in [5.41, 5.74) is 6.50. The summed E-state index contributed by atoms with van der Waals surface area (Å²) in [4.78, 5) is 13.4. The molecule has 0 saturated carbocycles. The number of hydrogen-bond acceptors (Lipinski definition) is 1. The predicted molar refractivity (Wildman–Crippen MR) is 91.9 cm³/mol. The Bertz CT molecular complexity index is 630. The average molecular weight is 294 g/mol. The SMILES string of the molecule is CC1=C(C)CC2(C(=O)c3ccccc3)CC(C)=C(C)CC2C1. The Morgan fingerprint density at radius 3 is 1.86 bits per heavy atom. The monoisotopic (exact) mass is 294 g/mol. The van der Waals surface area contributed by atoms with Gasteiger partial charge in [0, 0.05) is 11.0 Å². The summed E-state index contributed by atoms with van der Waals surface area (Å²) in [6, 6.07) is 9.90. The lowest BCUT2D eigenvalue weighted by Crippen LogP contribution is -2.44. The molecule has 0 spiro atoms. The van der Waals surface area contributed by atoms with Gasteiger partial charge < -0.3 is 0 Å². The Labute approximate surface area is 134 Å². The van der Waals surface area contributed by atoms with Crippen LogP contribution in [0.2, 0.25) is 0 Å². The quantitative estimate of drug-likeness (QED) is 0.502. The van der Waals surface area contributed by atoms with E-state index in [9.17, 15) is 4.79 Å². The van der Waals surface area contributed by atoms with Gasteiger partial charge in [-0.25, -0.2) is 0 Å². The van der Waals surface area contributed by atoms with Crippen LogP contribution in [0.25, 0.3) is 0 Å². The zero-order valence-electron chi connectivity index (χ0n) is 14.2. The molecule has 0 unspecified atom stereocenters. The van der Waals surface area contributed by atoms with Crippen LogP contribution in [0.15, 0.2) is 52.6 Å². The molecule has 0 bridgehead atoms. The van der Waals surface area contributed by atoms with E-state index in [0.717, 1.165) is 31.2 Å². The van der Waals surface area contributed by atoms with Gasteiger partial charge in [0.25, 0.3) is 0 Å². The van der Waals surface area contributed by atoms with Gasteiger partial charge in [-0.2, -0.15) is 0 Å². The van der Waals surface area contributed by atoms with Gasteiger partial charge in [-0.1, -0.05) is 52.6 Å². The predicted octanol–water partition coefficient (Wildman–Crippen LogP) is 5.73. The van der Waals surface area contributed by atoms with Gasteiger partial charge in [-0.15, -0.1) is 0 Å². The van der Waals surface area contributed by atoms with E-state index in [1.54, 1.807) is 0 Å². The normalized spacial score (nSPS) is 28.6. The molecule has 116 valence electrons. The van der Waals surface area contributed by atoms with E-state index in [-0.39, 0.29) is 5.41 Å². The summed E-state index contributed by atoms with van der Waals surface area (Å²) < 4.78 is 0. The molecule has 2 aliphatic rings. The Kier molecular flexibility index (Phi) is 3.84. The third kappa shape index (κ3) is 2.37. The summed E-state index contributed by atoms with van der Waals surface area (Å²) in [5.74, 6) is 0.824. The summed E-state index contributed by atoms with van der Waals surface area (Å²) in [6.07, 6.45) is 4.02. The highest BCUT2D eigenvalue weighted by Gasteiger charge is 2.49. The van der Waals surface area contributed by atoms with Crippen molar-refractivity contribution in [3.63, 3.8) is 0 Å². The molecule has 0 radical (unpaired) electrons. The second-order valence-corrected chi connectivity index (χ2v) is 7.43. The number of carbonyl (C=O) groups excluding carboxylic acids is 1. The molecule has 0 heterocycles. The molecule has 22 heavy (non-hydrogen) atoms. The minimum atomic E-state index is -0.214. The Hall–Kier alpha value is -1.63. The molecule has 0 atom stereocenters. The molecule has 0 aromatic heterocycles. The van der Waals surface area contributed by atoms with Gasteiger partial charge in [0.1, 0.15) is 0 Å². The molecular formula is C21H26O. The molecule has 0 fully saturated rings. The fourth-order valence-electron chi connectivity index (χ4n) is 4.37. The lowest BCUT2D eigenvalue weighted by molar-refractivity contribution is 0.0605. The van der Waals surface area contributed by atoms with E-state index in [2.05, 4.69) is 27.7 Å². The number of ketones is 1. The van der Waals surface area contributed by atoms with Gasteiger partial charge in [0.05, 0.1) is 0 Å². The number of benzene rings is 1. The number of Topliss-reactive ketones (excluding diaryl/α,β-unsaturated/α-hetero) is 1. The standard InChI is InChI=1S/C21H26O/c1-14-10-19-11-15(2)17(4)13-21(19,12-16(14)3)20(22)18-8-6-5-7-9-18/h5-9,19H,10-13H2,1-4H3. The van der Waals surface area contributed by atoms with E-state index in [0.29, 0.717) is 11.7 Å². The van der Waals surface area contributed by atoms with Crippen LogP contribution in [0.4, 0.5) is 0 Å². The first kappa shape index (κ1) is 15.3. The van der Waals surface area contributed by atoms with Gasteiger partial charge in [0.2, 0.25) is 0 Å². The molecule has 3 rings (SSSR count). The van der Waals surface area contributed by atoms with E-state index < -0.39 is 0 Å². The Morgan fingerprint density at radius 1 is 0.864 bits per heavy atom. The molecular weight excluding hydrogens is 268 g/mol. The number of fused-ring (bicyclic) bond motifs is 1. The first-order valence-electron chi connectivity index (χ1n) is 8.34. The van der Waals surface area contributed by atoms with Crippen molar-refractivity contribution in [1.82, 2.24) is 0 Å². The van der Waals surface area contributed by atoms with Crippen LogP contribution in [-0.2, 0) is 0 Å². The van der Waals surface area contributed by atoms with Crippen molar-refractivity contribution in [3.8, 4) is 0 Å². The van der Waals surface area contributed by atoms with Gasteiger partial charge in [-0.05, 0) is 59.3 Å². The average Bonchev–Trinajstić information content (AvgIpc) is 2.51. The zero-order chi connectivity index (χ0) is 15.9. The largest absolute Gasteiger partial charge is 0.294 e. The smallest absolute Gasteiger partial charge is 0.169 e. The number of hydrogen-bond donors (Lipinski definition) is 0. The summed E-state index contributed by atoms with van der Waals surface area (Å²) >= 11 is 0. The summed E-state index contributed by atoms with van der Waals surface area (Å²) in [6.45, 7) is 8.91. The lowest BCUT2D eigenvalue weighted by atomic mass is 9.55. The fraction of sp³-hybridized carbons (Fsp3) is 0.476. The zero-order valence-corrected chi connectivity index (χ0v) is 14.2. The molecule has 0 amide bonds. The van der Waals surface area contributed by atoms with Crippen LogP contribution in [0.1, 0.15) is 63.7 Å². The van der Waals surface area contributed by atoms with Crippen molar-refractivity contribution in [2.75, 3.05) is 0 Å². The number of carbonyl (C=O) groups is 1. The second kappa shape index (κ2) is 5.53. The van der Waals surface area contributed by atoms with Gasteiger partial charge in [-0.3, -0.25) is 4.79 Å². The minimum absolute atomic E-state index is 0.214. The lowest BCUT2D eigenvalue weighted by Gasteiger charge is -2.47. The molecule has 0 saturated heterocycles. The Balaban J connectivity index is 2.08. The van der Waals surface area contributed by atoms with Crippen molar-refractivity contribution in [2.45, 2.75) is 53.4 Å². The topological polar surface area (TPSA) is 17.1 Å². The molecule has 1 nitrogen and oxygen atoms in total. The van der Waals surface area contributed by atoms with Crippen LogP contribution < -0.4 is 0 Å². The highest BCUT2D eigenvalue weighted by Crippen LogP contribution is 2.54. The van der Waals surface area contributed by atoms with E-state index in [1.165, 1.54) is 22.3 Å². The maximum atomic E-state index is 13.4. The molecule has 0 aliphatic heterocycles. The van der Waals surface area contributed by atoms with Crippen LogP contribution in [-0.4, -0.2) is 5.78 Å². The maximum absolute atomic E-state index is 13.4. The van der Waals surface area contributed by atoms with Crippen LogP contribution in [0.3, 0.4) is 0 Å². The maximum Gasteiger partial charge on any atom is 0.169 e. The third-order valence-electron chi connectivity index (χ3n) is 5.99. The molecule has 1 heteroatoms. The first-order valence-corrected chi connectivity index (χ1v) is 8.34. The highest BCUT2D eigenvalue weighted by atomic mass is 16.1.